The molecule has 0 radical (unpaired) electrons. The van der Waals surface area contributed by atoms with Gasteiger partial charge in [-0.25, -0.2) is 0 Å². The second-order valence-electron chi connectivity index (χ2n) is 6.93. The summed E-state index contributed by atoms with van der Waals surface area (Å²) in [5, 5.41) is 18.7. The molecular formula is C24H24N2O2S. The fraction of sp³-hybridized carbons (Fsp3) is 0.167. The number of anilines is 1. The highest BCUT2D eigenvalue weighted by molar-refractivity contribution is 7.14. The van der Waals surface area contributed by atoms with E-state index in [0.29, 0.717) is 13.1 Å². The van der Waals surface area contributed by atoms with Gasteiger partial charge in [-0.05, 0) is 34.0 Å². The number of benzene rings is 3. The summed E-state index contributed by atoms with van der Waals surface area (Å²) in [6.07, 6.45) is -0.604. The van der Waals surface area contributed by atoms with Gasteiger partial charge in [-0.1, -0.05) is 60.7 Å². The van der Waals surface area contributed by atoms with Crippen LogP contribution < -0.4 is 15.8 Å². The number of thiophene rings is 1. The standard InChI is InChI=1S/C24H24N2O2S/c25-24-22(12-13-29-24)20-9-3-2-7-18(20)14-26-15-19(27)16-28-23-11-5-8-17-6-1-4-10-21(17)23/h1-13,19,26-27H,14-16,25H2. The van der Waals surface area contributed by atoms with Crippen LogP contribution in [0.5, 0.6) is 5.75 Å². The lowest BCUT2D eigenvalue weighted by Gasteiger charge is -2.15. The van der Waals surface area contributed by atoms with Crippen molar-refractivity contribution in [2.24, 2.45) is 0 Å². The maximum absolute atomic E-state index is 10.4. The van der Waals surface area contributed by atoms with Crippen molar-refractivity contribution in [2.45, 2.75) is 12.6 Å². The summed E-state index contributed by atoms with van der Waals surface area (Å²) in [6, 6.07) is 24.3. The Hall–Kier alpha value is -2.86. The van der Waals surface area contributed by atoms with E-state index in [-0.39, 0.29) is 6.61 Å². The van der Waals surface area contributed by atoms with Crippen LogP contribution in [0.25, 0.3) is 21.9 Å². The normalized spacial score (nSPS) is 12.2. The predicted molar refractivity (Wildman–Crippen MR) is 121 cm³/mol. The minimum atomic E-state index is -0.604. The van der Waals surface area contributed by atoms with E-state index in [4.69, 9.17) is 10.5 Å². The molecule has 5 heteroatoms. The van der Waals surface area contributed by atoms with E-state index in [9.17, 15) is 5.11 Å². The van der Waals surface area contributed by atoms with Crippen LogP contribution in [-0.2, 0) is 6.54 Å². The lowest BCUT2D eigenvalue weighted by Crippen LogP contribution is -2.31. The second kappa shape index (κ2) is 9.09. The zero-order chi connectivity index (χ0) is 20.1. The number of nitrogens with one attached hydrogen (secondary N) is 1. The Morgan fingerprint density at radius 3 is 2.59 bits per heavy atom. The summed E-state index contributed by atoms with van der Waals surface area (Å²) in [5.74, 6) is 0.792. The molecule has 29 heavy (non-hydrogen) atoms. The Kier molecular flexibility index (Phi) is 6.10. The number of hydrogen-bond donors (Lipinski definition) is 3. The molecule has 0 amide bonds. The van der Waals surface area contributed by atoms with Crippen LogP contribution >= 0.6 is 11.3 Å². The fourth-order valence-electron chi connectivity index (χ4n) is 3.42. The second-order valence-corrected chi connectivity index (χ2v) is 7.88. The summed E-state index contributed by atoms with van der Waals surface area (Å²) in [4.78, 5) is 0. The fourth-order valence-corrected chi connectivity index (χ4v) is 4.08. The molecule has 1 atom stereocenters. The van der Waals surface area contributed by atoms with Gasteiger partial charge >= 0.3 is 0 Å². The van der Waals surface area contributed by atoms with Gasteiger partial charge in [0, 0.05) is 24.0 Å². The molecule has 4 nitrogen and oxygen atoms in total. The maximum atomic E-state index is 10.4. The molecule has 0 saturated heterocycles. The first kappa shape index (κ1) is 19.5. The van der Waals surface area contributed by atoms with Crippen LogP contribution in [-0.4, -0.2) is 24.4 Å². The average molecular weight is 405 g/mol. The van der Waals surface area contributed by atoms with E-state index in [1.807, 2.05) is 53.9 Å². The van der Waals surface area contributed by atoms with Crippen molar-refractivity contribution in [3.63, 3.8) is 0 Å². The van der Waals surface area contributed by atoms with Crippen molar-refractivity contribution in [1.82, 2.24) is 5.32 Å². The molecule has 0 aliphatic carbocycles. The zero-order valence-electron chi connectivity index (χ0n) is 16.0. The van der Waals surface area contributed by atoms with Gasteiger partial charge in [0.2, 0.25) is 0 Å². The minimum Gasteiger partial charge on any atom is -0.490 e. The van der Waals surface area contributed by atoms with Crippen LogP contribution in [0.4, 0.5) is 5.00 Å². The molecule has 0 saturated carbocycles. The van der Waals surface area contributed by atoms with Crippen molar-refractivity contribution < 1.29 is 9.84 Å². The van der Waals surface area contributed by atoms with Gasteiger partial charge in [-0.3, -0.25) is 0 Å². The van der Waals surface area contributed by atoms with Crippen molar-refractivity contribution >= 4 is 27.1 Å². The molecule has 0 bridgehead atoms. The van der Waals surface area contributed by atoms with E-state index in [1.165, 1.54) is 0 Å². The topological polar surface area (TPSA) is 67.5 Å². The number of rotatable bonds is 8. The van der Waals surface area contributed by atoms with E-state index in [2.05, 4.69) is 29.6 Å². The van der Waals surface area contributed by atoms with Crippen molar-refractivity contribution in [2.75, 3.05) is 18.9 Å². The summed E-state index contributed by atoms with van der Waals surface area (Å²) in [6.45, 7) is 1.33. The summed E-state index contributed by atoms with van der Waals surface area (Å²) >= 11 is 1.54. The molecule has 0 fully saturated rings. The molecule has 4 aromatic rings. The molecule has 3 aromatic carbocycles. The molecule has 0 aliphatic heterocycles. The lowest BCUT2D eigenvalue weighted by atomic mass is 10.0. The van der Waals surface area contributed by atoms with Crippen LogP contribution in [0.3, 0.4) is 0 Å². The van der Waals surface area contributed by atoms with Crippen LogP contribution in [0.15, 0.2) is 78.2 Å². The third-order valence-electron chi connectivity index (χ3n) is 4.88. The van der Waals surface area contributed by atoms with Crippen LogP contribution in [0, 0.1) is 0 Å². The Bertz CT molecular complexity index is 1090. The highest BCUT2D eigenvalue weighted by Gasteiger charge is 2.10. The highest BCUT2D eigenvalue weighted by atomic mass is 32.1. The summed E-state index contributed by atoms with van der Waals surface area (Å²) in [5.41, 5.74) is 9.43. The Balaban J connectivity index is 1.33. The third-order valence-corrected chi connectivity index (χ3v) is 5.62. The summed E-state index contributed by atoms with van der Waals surface area (Å²) in [7, 11) is 0. The quantitative estimate of drug-likeness (QED) is 0.399. The summed E-state index contributed by atoms with van der Waals surface area (Å²) < 4.78 is 5.88. The van der Waals surface area contributed by atoms with Crippen molar-refractivity contribution in [3.05, 3.63) is 83.7 Å². The van der Waals surface area contributed by atoms with Gasteiger partial charge in [0.25, 0.3) is 0 Å². The molecule has 1 unspecified atom stereocenters. The highest BCUT2D eigenvalue weighted by Crippen LogP contribution is 2.32. The smallest absolute Gasteiger partial charge is 0.127 e. The number of fused-ring (bicyclic) bond motifs is 1. The zero-order valence-corrected chi connectivity index (χ0v) is 16.9. The average Bonchev–Trinajstić information content (AvgIpc) is 3.18. The molecule has 0 aliphatic rings. The van der Waals surface area contributed by atoms with Gasteiger partial charge in [0.05, 0.1) is 5.00 Å². The molecule has 4 rings (SSSR count). The van der Waals surface area contributed by atoms with Gasteiger partial charge < -0.3 is 20.9 Å². The largest absolute Gasteiger partial charge is 0.490 e. The molecule has 4 N–H and O–H groups in total. The number of nitrogen functional groups attached to an aromatic ring is 1. The monoisotopic (exact) mass is 404 g/mol. The van der Waals surface area contributed by atoms with Crippen LogP contribution in [0.2, 0.25) is 0 Å². The van der Waals surface area contributed by atoms with Gasteiger partial charge in [0.15, 0.2) is 0 Å². The van der Waals surface area contributed by atoms with Gasteiger partial charge in [0.1, 0.15) is 18.5 Å². The van der Waals surface area contributed by atoms with Gasteiger partial charge in [-0.2, -0.15) is 0 Å². The van der Waals surface area contributed by atoms with E-state index in [0.717, 1.165) is 38.2 Å². The Morgan fingerprint density at radius 2 is 1.72 bits per heavy atom. The van der Waals surface area contributed by atoms with Gasteiger partial charge in [-0.15, -0.1) is 11.3 Å². The van der Waals surface area contributed by atoms with Crippen LogP contribution in [0.1, 0.15) is 5.56 Å². The van der Waals surface area contributed by atoms with E-state index >= 15 is 0 Å². The first-order valence-corrected chi connectivity index (χ1v) is 10.5. The predicted octanol–water partition coefficient (Wildman–Crippen LogP) is 4.68. The molecule has 148 valence electrons. The molecule has 1 aromatic heterocycles. The Morgan fingerprint density at radius 1 is 0.931 bits per heavy atom. The maximum Gasteiger partial charge on any atom is 0.127 e. The number of nitrogens with two attached hydrogens (primary N) is 1. The SMILES string of the molecule is Nc1sccc1-c1ccccc1CNCC(O)COc1cccc2ccccc12. The number of aliphatic hydroxyl groups excluding tert-OH is 1. The number of ether oxygens (including phenoxy) is 1. The molecule has 0 spiro atoms. The molecular weight excluding hydrogens is 380 g/mol. The van der Waals surface area contributed by atoms with Crippen molar-refractivity contribution in [1.29, 1.82) is 0 Å². The Labute approximate surface area is 174 Å². The first-order chi connectivity index (χ1) is 14.2. The lowest BCUT2D eigenvalue weighted by molar-refractivity contribution is 0.107. The number of hydrogen-bond acceptors (Lipinski definition) is 5. The number of aliphatic hydroxyl groups is 1. The van der Waals surface area contributed by atoms with E-state index in [1.54, 1.807) is 11.3 Å². The minimum absolute atomic E-state index is 0.236. The van der Waals surface area contributed by atoms with E-state index < -0.39 is 6.10 Å². The van der Waals surface area contributed by atoms with Crippen molar-refractivity contribution in [3.8, 4) is 16.9 Å². The molecule has 1 heterocycles. The third kappa shape index (κ3) is 4.59. The first-order valence-electron chi connectivity index (χ1n) is 9.63.